The van der Waals surface area contributed by atoms with Crippen LogP contribution in [0, 0.1) is 6.92 Å². The molecule has 4 heteroatoms. The molecule has 1 aliphatic heterocycles. The van der Waals surface area contributed by atoms with Crippen molar-refractivity contribution < 1.29 is 9.84 Å². The lowest BCUT2D eigenvalue weighted by Crippen LogP contribution is -2.47. The summed E-state index contributed by atoms with van der Waals surface area (Å²) in [6, 6.07) is 16.4. The number of aliphatic hydroxyl groups excluding tert-OH is 1. The first-order chi connectivity index (χ1) is 12.2. The van der Waals surface area contributed by atoms with Crippen LogP contribution in [-0.4, -0.2) is 49.3 Å². The number of hydrogen-bond donors (Lipinski definition) is 1. The number of piperazine rings is 1. The second-order valence-electron chi connectivity index (χ2n) is 6.64. The lowest BCUT2D eigenvalue weighted by molar-refractivity contribution is 0.109. The lowest BCUT2D eigenvalue weighted by atomic mass is 10.1. The Bertz CT molecular complexity index is 664. The molecule has 2 aromatic rings. The topological polar surface area (TPSA) is 35.9 Å². The van der Waals surface area contributed by atoms with Gasteiger partial charge in [-0.15, -0.1) is 0 Å². The molecule has 25 heavy (non-hydrogen) atoms. The van der Waals surface area contributed by atoms with E-state index < -0.39 is 6.10 Å². The smallest absolute Gasteiger partial charge is 0.119 e. The van der Waals surface area contributed by atoms with Gasteiger partial charge in [-0.25, -0.2) is 0 Å². The fourth-order valence-electron chi connectivity index (χ4n) is 3.32. The molecule has 1 N–H and O–H groups in total. The highest BCUT2D eigenvalue weighted by atomic mass is 16.5. The number of β-amino-alcohol motifs (C(OH)–C–C–N with tert-alkyl or cyclic N) is 1. The van der Waals surface area contributed by atoms with Crippen LogP contribution in [0.4, 0.5) is 5.69 Å². The number of ether oxygens (including phenoxy) is 1. The van der Waals surface area contributed by atoms with Crippen LogP contribution in [-0.2, 0) is 0 Å². The molecule has 0 saturated carbocycles. The van der Waals surface area contributed by atoms with E-state index in [1.54, 1.807) is 0 Å². The highest BCUT2D eigenvalue weighted by molar-refractivity contribution is 5.48. The lowest BCUT2D eigenvalue weighted by Gasteiger charge is -2.37. The van der Waals surface area contributed by atoms with Crippen molar-refractivity contribution in [2.75, 3.05) is 44.2 Å². The van der Waals surface area contributed by atoms with Gasteiger partial charge in [0.25, 0.3) is 0 Å². The van der Waals surface area contributed by atoms with Gasteiger partial charge < -0.3 is 14.7 Å². The number of aliphatic hydroxyl groups is 1. The molecule has 4 nitrogen and oxygen atoms in total. The predicted octanol–water partition coefficient (Wildman–Crippen LogP) is 3.25. The fraction of sp³-hybridized carbons (Fsp3) is 0.429. The Labute approximate surface area is 150 Å². The number of anilines is 1. The molecular weight excluding hydrogens is 312 g/mol. The molecule has 0 aliphatic carbocycles. The van der Waals surface area contributed by atoms with Crippen LogP contribution in [0.25, 0.3) is 0 Å². The van der Waals surface area contributed by atoms with E-state index in [0.717, 1.165) is 37.5 Å². The molecule has 134 valence electrons. The highest BCUT2D eigenvalue weighted by Gasteiger charge is 2.20. The summed E-state index contributed by atoms with van der Waals surface area (Å²) in [6.07, 6.45) is -0.457. The third-order valence-corrected chi connectivity index (χ3v) is 4.75. The Balaban J connectivity index is 1.51. The molecule has 0 unspecified atom stereocenters. The van der Waals surface area contributed by atoms with Gasteiger partial charge in [-0.05, 0) is 49.2 Å². The second kappa shape index (κ2) is 8.37. The molecule has 0 aromatic heterocycles. The van der Waals surface area contributed by atoms with E-state index in [1.807, 2.05) is 31.2 Å². The zero-order chi connectivity index (χ0) is 17.6. The molecule has 1 atom stereocenters. The standard InChI is InChI=1S/C21H28N2O2/c1-3-25-20-9-7-18(8-10-20)21(24)16-22-11-13-23(14-12-22)19-6-4-5-17(2)15-19/h4-10,15,21,24H,3,11-14,16H2,1-2H3/t21-/m1/s1. The monoisotopic (exact) mass is 340 g/mol. The Morgan fingerprint density at radius 3 is 2.40 bits per heavy atom. The molecule has 0 bridgehead atoms. The van der Waals surface area contributed by atoms with Crippen LogP contribution < -0.4 is 9.64 Å². The predicted molar refractivity (Wildman–Crippen MR) is 102 cm³/mol. The van der Waals surface area contributed by atoms with E-state index >= 15 is 0 Å². The van der Waals surface area contributed by atoms with Gasteiger partial charge in [0, 0.05) is 38.4 Å². The molecule has 1 heterocycles. The number of hydrogen-bond acceptors (Lipinski definition) is 4. The first-order valence-electron chi connectivity index (χ1n) is 9.10. The van der Waals surface area contributed by atoms with E-state index in [4.69, 9.17) is 4.74 Å². The number of aryl methyl sites for hydroxylation is 1. The second-order valence-corrected chi connectivity index (χ2v) is 6.64. The van der Waals surface area contributed by atoms with Crippen LogP contribution in [0.3, 0.4) is 0 Å². The van der Waals surface area contributed by atoms with Gasteiger partial charge in [0.2, 0.25) is 0 Å². The van der Waals surface area contributed by atoms with Crippen LogP contribution in [0.1, 0.15) is 24.2 Å². The van der Waals surface area contributed by atoms with Crippen LogP contribution in [0.15, 0.2) is 48.5 Å². The Hall–Kier alpha value is -2.04. The summed E-state index contributed by atoms with van der Waals surface area (Å²) >= 11 is 0. The summed E-state index contributed by atoms with van der Waals surface area (Å²) in [5.74, 6) is 0.852. The van der Waals surface area contributed by atoms with Gasteiger partial charge in [-0.1, -0.05) is 24.3 Å². The Kier molecular flexibility index (Phi) is 5.95. The summed E-state index contributed by atoms with van der Waals surface area (Å²) in [6.45, 7) is 9.39. The van der Waals surface area contributed by atoms with Crippen molar-refractivity contribution >= 4 is 5.69 Å². The maximum Gasteiger partial charge on any atom is 0.119 e. The highest BCUT2D eigenvalue weighted by Crippen LogP contribution is 2.21. The van der Waals surface area contributed by atoms with Gasteiger partial charge in [0.15, 0.2) is 0 Å². The third-order valence-electron chi connectivity index (χ3n) is 4.75. The van der Waals surface area contributed by atoms with Crippen LogP contribution in [0.5, 0.6) is 5.75 Å². The van der Waals surface area contributed by atoms with E-state index in [9.17, 15) is 5.11 Å². The first-order valence-corrected chi connectivity index (χ1v) is 9.10. The number of rotatable bonds is 6. The molecule has 0 spiro atoms. The van der Waals surface area contributed by atoms with Crippen molar-refractivity contribution in [2.24, 2.45) is 0 Å². The van der Waals surface area contributed by atoms with Gasteiger partial charge in [-0.2, -0.15) is 0 Å². The molecule has 1 aliphatic rings. The third kappa shape index (κ3) is 4.74. The van der Waals surface area contributed by atoms with Crippen molar-refractivity contribution in [2.45, 2.75) is 20.0 Å². The summed E-state index contributed by atoms with van der Waals surface area (Å²) in [4.78, 5) is 4.76. The normalized spacial score (nSPS) is 16.7. The van der Waals surface area contributed by atoms with Gasteiger partial charge in [-0.3, -0.25) is 4.90 Å². The summed E-state index contributed by atoms with van der Waals surface area (Å²) in [7, 11) is 0. The van der Waals surface area contributed by atoms with Crippen molar-refractivity contribution in [3.05, 3.63) is 59.7 Å². The zero-order valence-corrected chi connectivity index (χ0v) is 15.2. The van der Waals surface area contributed by atoms with Crippen molar-refractivity contribution in [3.8, 4) is 5.75 Å². The summed E-state index contributed by atoms with van der Waals surface area (Å²) < 4.78 is 5.46. The minimum atomic E-state index is -0.457. The molecule has 1 fully saturated rings. The van der Waals surface area contributed by atoms with Crippen molar-refractivity contribution in [3.63, 3.8) is 0 Å². The van der Waals surface area contributed by atoms with E-state index in [0.29, 0.717) is 13.2 Å². The molecule has 1 saturated heterocycles. The largest absolute Gasteiger partial charge is 0.494 e. The Morgan fingerprint density at radius 2 is 1.76 bits per heavy atom. The quantitative estimate of drug-likeness (QED) is 0.876. The first kappa shape index (κ1) is 17.8. The van der Waals surface area contributed by atoms with Gasteiger partial charge in [0.05, 0.1) is 12.7 Å². The fourth-order valence-corrected chi connectivity index (χ4v) is 3.32. The maximum atomic E-state index is 10.5. The van der Waals surface area contributed by atoms with E-state index in [1.165, 1.54) is 11.3 Å². The van der Waals surface area contributed by atoms with Crippen LogP contribution in [0.2, 0.25) is 0 Å². The summed E-state index contributed by atoms with van der Waals surface area (Å²) in [5, 5.41) is 10.5. The zero-order valence-electron chi connectivity index (χ0n) is 15.2. The van der Waals surface area contributed by atoms with Crippen molar-refractivity contribution in [1.29, 1.82) is 0 Å². The SMILES string of the molecule is CCOc1ccc([C@H](O)CN2CCN(c3cccc(C)c3)CC2)cc1. The Morgan fingerprint density at radius 1 is 1.04 bits per heavy atom. The number of benzene rings is 2. The maximum absolute atomic E-state index is 10.5. The van der Waals surface area contributed by atoms with E-state index in [-0.39, 0.29) is 0 Å². The van der Waals surface area contributed by atoms with E-state index in [2.05, 4.69) is 41.0 Å². The molecule has 0 amide bonds. The molecule has 2 aromatic carbocycles. The average molecular weight is 340 g/mol. The average Bonchev–Trinajstić information content (AvgIpc) is 2.63. The molecule has 0 radical (unpaired) electrons. The summed E-state index contributed by atoms with van der Waals surface area (Å²) in [5.41, 5.74) is 3.54. The minimum absolute atomic E-state index is 0.457. The van der Waals surface area contributed by atoms with Gasteiger partial charge in [0.1, 0.15) is 5.75 Å². The van der Waals surface area contributed by atoms with Gasteiger partial charge >= 0.3 is 0 Å². The minimum Gasteiger partial charge on any atom is -0.494 e. The molecular formula is C21H28N2O2. The van der Waals surface area contributed by atoms with Crippen molar-refractivity contribution in [1.82, 2.24) is 4.90 Å². The number of nitrogens with zero attached hydrogens (tertiary/aromatic N) is 2. The van der Waals surface area contributed by atoms with Crippen LogP contribution >= 0.6 is 0 Å². The molecule has 3 rings (SSSR count).